The van der Waals surface area contributed by atoms with E-state index in [1.165, 1.54) is 64.2 Å². The predicted molar refractivity (Wildman–Crippen MR) is 155 cm³/mol. The molecule has 0 heterocycles. The fraction of sp³-hybridized carbons (Fsp3) is 0.500. The van der Waals surface area contributed by atoms with Crippen LogP contribution in [0.5, 0.6) is 5.75 Å². The lowest BCUT2D eigenvalue weighted by atomic mass is 10.1. The lowest BCUT2D eigenvalue weighted by Gasteiger charge is -2.15. The summed E-state index contributed by atoms with van der Waals surface area (Å²) in [5, 5.41) is 21.5. The predicted octanol–water partition coefficient (Wildman–Crippen LogP) is 8.63. The van der Waals surface area contributed by atoms with Crippen LogP contribution in [-0.4, -0.2) is 28.8 Å². The molecule has 0 spiro atoms. The number of ether oxygens (including phenoxy) is 1. The Morgan fingerprint density at radius 1 is 0.816 bits per heavy atom. The number of hydrogen-bond donors (Lipinski definition) is 3. The highest BCUT2D eigenvalue weighted by atomic mass is 16.5. The van der Waals surface area contributed by atoms with Gasteiger partial charge in [-0.05, 0) is 36.2 Å². The Balaban J connectivity index is 1.87. The molecule has 0 bridgehead atoms. The molecule has 0 aliphatic heterocycles. The highest BCUT2D eigenvalue weighted by molar-refractivity contribution is 5.78. The lowest BCUT2D eigenvalue weighted by Crippen LogP contribution is -2.03. The number of carboxylic acids is 2. The van der Waals surface area contributed by atoms with Gasteiger partial charge < -0.3 is 20.3 Å². The van der Waals surface area contributed by atoms with E-state index < -0.39 is 11.9 Å². The van der Waals surface area contributed by atoms with Crippen LogP contribution < -0.4 is 10.1 Å². The average Bonchev–Trinajstić information content (AvgIpc) is 2.87. The number of carbonyl (C=O) groups is 2. The number of aliphatic carboxylic acids is 2. The van der Waals surface area contributed by atoms with Crippen LogP contribution in [0.25, 0.3) is 6.08 Å². The first-order chi connectivity index (χ1) is 18.5. The Labute approximate surface area is 228 Å². The van der Waals surface area contributed by atoms with Gasteiger partial charge in [0.25, 0.3) is 0 Å². The molecular formula is C32H45NO5. The van der Waals surface area contributed by atoms with Crippen LogP contribution in [-0.2, 0) is 16.0 Å². The minimum Gasteiger partial charge on any atom is -0.493 e. The van der Waals surface area contributed by atoms with Gasteiger partial charge >= 0.3 is 11.9 Å². The Morgan fingerprint density at radius 2 is 1.45 bits per heavy atom. The van der Waals surface area contributed by atoms with Crippen LogP contribution in [0.3, 0.4) is 0 Å². The molecule has 0 aliphatic rings. The van der Waals surface area contributed by atoms with E-state index in [0.717, 1.165) is 29.8 Å². The zero-order valence-electron chi connectivity index (χ0n) is 22.9. The van der Waals surface area contributed by atoms with Gasteiger partial charge in [-0.2, -0.15) is 0 Å². The van der Waals surface area contributed by atoms with Crippen molar-refractivity contribution in [3.8, 4) is 5.75 Å². The van der Waals surface area contributed by atoms with Gasteiger partial charge in [-0.15, -0.1) is 0 Å². The maximum Gasteiger partial charge on any atom is 0.307 e. The molecule has 3 N–H and O–H groups in total. The molecule has 0 amide bonds. The maximum atomic E-state index is 11.1. The van der Waals surface area contributed by atoms with E-state index in [2.05, 4.69) is 12.2 Å². The number of anilines is 2. The van der Waals surface area contributed by atoms with Crippen LogP contribution in [0.1, 0.15) is 102 Å². The summed E-state index contributed by atoms with van der Waals surface area (Å²) >= 11 is 0. The second-order valence-corrected chi connectivity index (χ2v) is 9.85. The van der Waals surface area contributed by atoms with Gasteiger partial charge in [-0.1, -0.05) is 108 Å². The van der Waals surface area contributed by atoms with E-state index in [1.54, 1.807) is 24.3 Å². The Morgan fingerprint density at radius 3 is 2.08 bits per heavy atom. The molecule has 6 nitrogen and oxygen atoms in total. The SMILES string of the molecule is CCCCCCCCCCCCCCOc1cccc(Nc2cccc(CC(=O)O)c2)c1/C=C/CC(=O)O. The molecule has 0 aliphatic carbocycles. The van der Waals surface area contributed by atoms with Crippen molar-refractivity contribution >= 4 is 29.4 Å². The summed E-state index contributed by atoms with van der Waals surface area (Å²) in [6, 6.07) is 13.0. The van der Waals surface area contributed by atoms with Crippen LogP contribution in [0.15, 0.2) is 48.5 Å². The summed E-state index contributed by atoms with van der Waals surface area (Å²) in [5.74, 6) is -1.08. The van der Waals surface area contributed by atoms with Crippen molar-refractivity contribution in [1.82, 2.24) is 0 Å². The number of hydrogen-bond acceptors (Lipinski definition) is 4. The summed E-state index contributed by atoms with van der Waals surface area (Å²) in [6.45, 7) is 2.86. The minimum atomic E-state index is -0.896. The molecule has 0 unspecified atom stereocenters. The monoisotopic (exact) mass is 523 g/mol. The summed E-state index contributed by atoms with van der Waals surface area (Å²) < 4.78 is 6.12. The van der Waals surface area contributed by atoms with Gasteiger partial charge in [0.05, 0.1) is 19.4 Å². The van der Waals surface area contributed by atoms with Gasteiger partial charge in [-0.25, -0.2) is 0 Å². The van der Waals surface area contributed by atoms with Crippen molar-refractivity contribution in [1.29, 1.82) is 0 Å². The zero-order valence-corrected chi connectivity index (χ0v) is 22.9. The average molecular weight is 524 g/mol. The van der Waals surface area contributed by atoms with Crippen LogP contribution in [0.2, 0.25) is 0 Å². The fourth-order valence-corrected chi connectivity index (χ4v) is 4.44. The van der Waals surface area contributed by atoms with E-state index >= 15 is 0 Å². The van der Waals surface area contributed by atoms with Crippen molar-refractivity contribution < 1.29 is 24.5 Å². The molecule has 0 aromatic heterocycles. The third-order valence-electron chi connectivity index (χ3n) is 6.46. The summed E-state index contributed by atoms with van der Waals surface area (Å²) in [4.78, 5) is 22.1. The third kappa shape index (κ3) is 13.3. The summed E-state index contributed by atoms with van der Waals surface area (Å²) in [5.41, 5.74) is 3.00. The number of benzene rings is 2. The molecule has 2 aromatic carbocycles. The number of rotatable bonds is 21. The molecule has 0 radical (unpaired) electrons. The Kier molecular flexibility index (Phi) is 15.4. The molecule has 6 heteroatoms. The quantitative estimate of drug-likeness (QED) is 0.142. The highest BCUT2D eigenvalue weighted by Crippen LogP contribution is 2.31. The van der Waals surface area contributed by atoms with Crippen molar-refractivity contribution in [3.05, 3.63) is 59.7 Å². The largest absolute Gasteiger partial charge is 0.493 e. The Bertz CT molecular complexity index is 1000. The smallest absolute Gasteiger partial charge is 0.307 e. The van der Waals surface area contributed by atoms with E-state index in [4.69, 9.17) is 14.9 Å². The normalized spacial score (nSPS) is 11.1. The van der Waals surface area contributed by atoms with Crippen LogP contribution in [0.4, 0.5) is 11.4 Å². The molecule has 0 fully saturated rings. The number of unbranched alkanes of at least 4 members (excludes halogenated alkanes) is 11. The number of carboxylic acid groups (broad SMARTS) is 2. The van der Waals surface area contributed by atoms with Crippen molar-refractivity contribution in [3.63, 3.8) is 0 Å². The van der Waals surface area contributed by atoms with E-state index in [9.17, 15) is 9.59 Å². The summed E-state index contributed by atoms with van der Waals surface area (Å²) in [6.07, 6.45) is 18.7. The fourth-order valence-electron chi connectivity index (χ4n) is 4.44. The van der Waals surface area contributed by atoms with Gasteiger partial charge in [-0.3, -0.25) is 9.59 Å². The standard InChI is InChI=1S/C32H45NO5/c1-2-3-4-5-6-7-8-9-10-11-12-13-23-38-30-21-16-20-29(28(30)19-15-22-31(34)35)33-27-18-14-17-26(24-27)25-32(36)37/h14-21,24,33H,2-13,22-23,25H2,1H3,(H,34,35)(H,36,37)/b19-15+. The Hall–Kier alpha value is -3.28. The van der Waals surface area contributed by atoms with Gasteiger partial charge in [0.2, 0.25) is 0 Å². The molecule has 0 saturated heterocycles. The minimum absolute atomic E-state index is 0.0525. The first kappa shape index (κ1) is 30.9. The van der Waals surface area contributed by atoms with Crippen molar-refractivity contribution in [2.45, 2.75) is 96.8 Å². The second kappa shape index (κ2) is 18.9. The van der Waals surface area contributed by atoms with Crippen molar-refractivity contribution in [2.24, 2.45) is 0 Å². The van der Waals surface area contributed by atoms with Crippen molar-refractivity contribution in [2.75, 3.05) is 11.9 Å². The zero-order chi connectivity index (χ0) is 27.4. The molecule has 0 saturated carbocycles. The second-order valence-electron chi connectivity index (χ2n) is 9.85. The molecule has 2 aromatic rings. The third-order valence-corrected chi connectivity index (χ3v) is 6.46. The molecule has 0 atom stereocenters. The van der Waals surface area contributed by atoms with Crippen LogP contribution >= 0.6 is 0 Å². The summed E-state index contributed by atoms with van der Waals surface area (Å²) in [7, 11) is 0. The van der Waals surface area contributed by atoms with E-state index in [0.29, 0.717) is 17.9 Å². The van der Waals surface area contributed by atoms with Gasteiger partial charge in [0.1, 0.15) is 5.75 Å². The molecule has 38 heavy (non-hydrogen) atoms. The van der Waals surface area contributed by atoms with Gasteiger partial charge in [0.15, 0.2) is 0 Å². The number of nitrogens with one attached hydrogen (secondary N) is 1. The first-order valence-corrected chi connectivity index (χ1v) is 14.2. The highest BCUT2D eigenvalue weighted by Gasteiger charge is 2.09. The van der Waals surface area contributed by atoms with Gasteiger partial charge in [0, 0.05) is 16.9 Å². The first-order valence-electron chi connectivity index (χ1n) is 14.2. The molecular weight excluding hydrogens is 478 g/mol. The van der Waals surface area contributed by atoms with Crippen LogP contribution in [0, 0.1) is 0 Å². The van der Waals surface area contributed by atoms with E-state index in [-0.39, 0.29) is 12.8 Å². The molecule has 208 valence electrons. The van der Waals surface area contributed by atoms with E-state index in [1.807, 2.05) is 30.3 Å². The molecule has 2 rings (SSSR count). The topological polar surface area (TPSA) is 95.9 Å². The maximum absolute atomic E-state index is 11.1. The lowest BCUT2D eigenvalue weighted by molar-refractivity contribution is -0.137.